The Morgan fingerprint density at radius 2 is 1.77 bits per heavy atom. The van der Waals surface area contributed by atoms with E-state index in [4.69, 9.17) is 0 Å². The standard InChI is InChI=1S/C29H37F7O3/c1-3-26-14-13-17-15-19(37)9-10-20(17)24(26)18(16-25(2)21(26)11-12-22(25)38)7-5-4-6-8-23(39)27(30,31)28(32,33)29(34,35)36/h3,9-10,15,18,21-24,37-39H,1,4-8,11-14,16H2,2H3/t18-,21+,22-,23+,24+,25-,26-/m0/s1. The highest BCUT2D eigenvalue weighted by Crippen LogP contribution is 2.69. The van der Waals surface area contributed by atoms with Gasteiger partial charge in [0.1, 0.15) is 11.9 Å². The lowest BCUT2D eigenvalue weighted by Gasteiger charge is -2.60. The first-order chi connectivity index (χ1) is 18.0. The molecule has 0 unspecified atom stereocenters. The maximum Gasteiger partial charge on any atom is 0.459 e. The van der Waals surface area contributed by atoms with Gasteiger partial charge < -0.3 is 15.3 Å². The van der Waals surface area contributed by atoms with Crippen LogP contribution in [0.5, 0.6) is 5.75 Å². The van der Waals surface area contributed by atoms with Gasteiger partial charge in [0.2, 0.25) is 0 Å². The summed E-state index contributed by atoms with van der Waals surface area (Å²) in [5, 5.41) is 30.6. The summed E-state index contributed by atoms with van der Waals surface area (Å²) in [6.45, 7) is 6.33. The van der Waals surface area contributed by atoms with Crippen LogP contribution in [0, 0.1) is 22.7 Å². The van der Waals surface area contributed by atoms with Crippen molar-refractivity contribution in [3.63, 3.8) is 0 Å². The summed E-state index contributed by atoms with van der Waals surface area (Å²) in [5.74, 6) is -11.4. The van der Waals surface area contributed by atoms with E-state index in [0.717, 1.165) is 36.8 Å². The number of allylic oxidation sites excluding steroid dienone is 1. The average Bonchev–Trinajstić information content (AvgIpc) is 3.16. The van der Waals surface area contributed by atoms with Crippen LogP contribution >= 0.6 is 0 Å². The second-order valence-corrected chi connectivity index (χ2v) is 12.1. The van der Waals surface area contributed by atoms with E-state index in [0.29, 0.717) is 19.3 Å². The summed E-state index contributed by atoms with van der Waals surface area (Å²) in [7, 11) is 0. The number of hydrogen-bond acceptors (Lipinski definition) is 3. The largest absolute Gasteiger partial charge is 0.508 e. The number of hydrogen-bond donors (Lipinski definition) is 3. The molecule has 0 amide bonds. The molecule has 0 aromatic heterocycles. The smallest absolute Gasteiger partial charge is 0.459 e. The number of aliphatic hydroxyl groups excluding tert-OH is 2. The zero-order valence-electron chi connectivity index (χ0n) is 22.0. The van der Waals surface area contributed by atoms with Crippen molar-refractivity contribution < 1.29 is 46.1 Å². The van der Waals surface area contributed by atoms with Gasteiger partial charge in [0.25, 0.3) is 0 Å². The normalized spacial score (nSPS) is 33.7. The Morgan fingerprint density at radius 3 is 2.41 bits per heavy atom. The minimum absolute atomic E-state index is 0.0584. The van der Waals surface area contributed by atoms with E-state index in [9.17, 15) is 46.1 Å². The van der Waals surface area contributed by atoms with Crippen molar-refractivity contribution in [2.75, 3.05) is 0 Å². The molecule has 0 aliphatic heterocycles. The van der Waals surface area contributed by atoms with E-state index in [2.05, 4.69) is 13.5 Å². The number of rotatable bonds is 9. The van der Waals surface area contributed by atoms with Gasteiger partial charge in [-0.1, -0.05) is 38.3 Å². The van der Waals surface area contributed by atoms with Crippen LogP contribution in [0.1, 0.15) is 81.8 Å². The van der Waals surface area contributed by atoms with E-state index in [1.54, 1.807) is 12.1 Å². The van der Waals surface area contributed by atoms with Gasteiger partial charge in [-0.2, -0.15) is 30.7 Å². The maximum atomic E-state index is 13.8. The fourth-order valence-electron chi connectivity index (χ4n) is 8.19. The predicted molar refractivity (Wildman–Crippen MR) is 132 cm³/mol. The Labute approximate surface area is 224 Å². The Balaban J connectivity index is 1.49. The number of halogens is 7. The van der Waals surface area contributed by atoms with Crippen LogP contribution in [-0.2, 0) is 6.42 Å². The molecule has 220 valence electrons. The van der Waals surface area contributed by atoms with Gasteiger partial charge in [-0.15, -0.1) is 6.58 Å². The van der Waals surface area contributed by atoms with Gasteiger partial charge in [0.05, 0.1) is 6.10 Å². The number of unbranched alkanes of at least 4 members (excludes halogenated alkanes) is 2. The number of phenolic OH excluding ortho intramolecular Hbond substituents is 1. The average molecular weight is 567 g/mol. The third-order valence-electron chi connectivity index (χ3n) is 10.1. The molecule has 3 nitrogen and oxygen atoms in total. The van der Waals surface area contributed by atoms with Crippen molar-refractivity contribution >= 4 is 0 Å². The van der Waals surface area contributed by atoms with Gasteiger partial charge in [-0.05, 0) is 96.8 Å². The lowest BCUT2D eigenvalue weighted by Crippen LogP contribution is -2.57. The molecule has 0 heterocycles. The van der Waals surface area contributed by atoms with Crippen LogP contribution in [0.25, 0.3) is 0 Å². The number of aromatic hydroxyl groups is 1. The molecule has 0 spiro atoms. The summed E-state index contributed by atoms with van der Waals surface area (Å²) in [6.07, 6.45) is -3.83. The van der Waals surface area contributed by atoms with E-state index in [-0.39, 0.29) is 47.2 Å². The Morgan fingerprint density at radius 1 is 1.08 bits per heavy atom. The molecule has 3 aliphatic carbocycles. The first-order valence-corrected chi connectivity index (χ1v) is 13.7. The molecule has 4 rings (SSSR count). The summed E-state index contributed by atoms with van der Waals surface area (Å²) >= 11 is 0. The van der Waals surface area contributed by atoms with Gasteiger partial charge in [-0.3, -0.25) is 0 Å². The first kappa shape index (κ1) is 30.2. The Bertz CT molecular complexity index is 1060. The maximum absolute atomic E-state index is 13.8. The SMILES string of the molecule is C=C[C@@]12CCc3cc(O)ccc3[C@H]1[C@@H](CCCCC[C@@H](O)C(F)(F)C(F)(F)C(F)(F)F)C[C@@]1(C)[C@H]2CC[C@@H]1O. The van der Waals surface area contributed by atoms with Crippen LogP contribution in [0.15, 0.2) is 30.9 Å². The third kappa shape index (κ3) is 4.77. The Kier molecular flexibility index (Phi) is 7.91. The molecule has 1 aromatic carbocycles. The van der Waals surface area contributed by atoms with Gasteiger partial charge >= 0.3 is 18.0 Å². The molecule has 2 saturated carbocycles. The molecule has 0 radical (unpaired) electrons. The van der Waals surface area contributed by atoms with Crippen molar-refractivity contribution in [3.8, 4) is 5.75 Å². The minimum Gasteiger partial charge on any atom is -0.508 e. The molecule has 3 aliphatic rings. The summed E-state index contributed by atoms with van der Waals surface area (Å²) in [6, 6.07) is 5.37. The van der Waals surface area contributed by atoms with E-state index in [1.165, 1.54) is 0 Å². The zero-order valence-corrected chi connectivity index (χ0v) is 22.0. The summed E-state index contributed by atoms with van der Waals surface area (Å²) < 4.78 is 91.3. The lowest BCUT2D eigenvalue weighted by atomic mass is 9.44. The molecule has 3 N–H and O–H groups in total. The first-order valence-electron chi connectivity index (χ1n) is 13.7. The van der Waals surface area contributed by atoms with Crippen molar-refractivity contribution in [1.82, 2.24) is 0 Å². The summed E-state index contributed by atoms with van der Waals surface area (Å²) in [4.78, 5) is 0. The zero-order chi connectivity index (χ0) is 29.0. The second kappa shape index (κ2) is 10.2. The quantitative estimate of drug-likeness (QED) is 0.165. The molecule has 0 saturated heterocycles. The number of aliphatic hydroxyl groups is 2. The van der Waals surface area contributed by atoms with E-state index < -0.39 is 36.7 Å². The highest BCUT2D eigenvalue weighted by atomic mass is 19.4. The van der Waals surface area contributed by atoms with Crippen molar-refractivity contribution in [2.24, 2.45) is 22.7 Å². The fraction of sp³-hybridized carbons (Fsp3) is 0.724. The number of fused-ring (bicyclic) bond motifs is 5. The number of alkyl halides is 7. The number of aryl methyl sites for hydroxylation is 1. The second-order valence-electron chi connectivity index (χ2n) is 12.1. The van der Waals surface area contributed by atoms with Crippen LogP contribution in [0.3, 0.4) is 0 Å². The van der Waals surface area contributed by atoms with Gasteiger partial charge in [-0.25, -0.2) is 0 Å². The summed E-state index contributed by atoms with van der Waals surface area (Å²) in [5.41, 5.74) is 1.56. The molecule has 2 fully saturated rings. The number of phenols is 1. The highest BCUT2D eigenvalue weighted by Gasteiger charge is 2.75. The van der Waals surface area contributed by atoms with Crippen LogP contribution in [0.4, 0.5) is 30.7 Å². The van der Waals surface area contributed by atoms with Gasteiger partial charge in [0, 0.05) is 0 Å². The Hall–Kier alpha value is -1.81. The van der Waals surface area contributed by atoms with E-state index in [1.807, 2.05) is 12.1 Å². The van der Waals surface area contributed by atoms with Crippen molar-refractivity contribution in [1.29, 1.82) is 0 Å². The van der Waals surface area contributed by atoms with Crippen LogP contribution in [-0.4, -0.2) is 45.5 Å². The predicted octanol–water partition coefficient (Wildman–Crippen LogP) is 7.54. The minimum atomic E-state index is -6.47. The fourth-order valence-corrected chi connectivity index (χ4v) is 8.19. The molecular weight excluding hydrogens is 529 g/mol. The topological polar surface area (TPSA) is 60.7 Å². The highest BCUT2D eigenvalue weighted by molar-refractivity contribution is 5.43. The van der Waals surface area contributed by atoms with Crippen molar-refractivity contribution in [3.05, 3.63) is 42.0 Å². The van der Waals surface area contributed by atoms with Gasteiger partial charge in [0.15, 0.2) is 0 Å². The van der Waals surface area contributed by atoms with E-state index >= 15 is 0 Å². The monoisotopic (exact) mass is 566 g/mol. The third-order valence-corrected chi connectivity index (χ3v) is 10.1. The van der Waals surface area contributed by atoms with Crippen LogP contribution in [0.2, 0.25) is 0 Å². The molecule has 39 heavy (non-hydrogen) atoms. The lowest BCUT2D eigenvalue weighted by molar-refractivity contribution is -0.371. The molecule has 0 bridgehead atoms. The molecule has 7 atom stereocenters. The molecule has 1 aromatic rings. The molecule has 10 heteroatoms. The van der Waals surface area contributed by atoms with Crippen molar-refractivity contribution in [2.45, 2.75) is 107 Å². The molecular formula is C29H37F7O3. The number of benzene rings is 1. The van der Waals surface area contributed by atoms with Crippen LogP contribution < -0.4 is 0 Å².